The maximum atomic E-state index is 12.4. The van der Waals surface area contributed by atoms with Crippen molar-refractivity contribution >= 4 is 23.6 Å². The summed E-state index contributed by atoms with van der Waals surface area (Å²) in [5.41, 5.74) is 0.786. The van der Waals surface area contributed by atoms with Crippen LogP contribution in [0.25, 0.3) is 6.08 Å². The molecular weight excluding hydrogens is 326 g/mol. The van der Waals surface area contributed by atoms with E-state index in [1.165, 1.54) is 0 Å². The van der Waals surface area contributed by atoms with Crippen molar-refractivity contribution in [3.05, 3.63) is 28.8 Å². The third-order valence-corrected chi connectivity index (χ3v) is 3.67. The van der Waals surface area contributed by atoms with Crippen molar-refractivity contribution in [3.8, 4) is 11.5 Å². The zero-order chi connectivity index (χ0) is 18.4. The Morgan fingerprint density at radius 1 is 1.12 bits per heavy atom. The normalized spacial score (nSPS) is 11.6. The first-order chi connectivity index (χ1) is 11.2. The maximum absolute atomic E-state index is 12.4. The molecule has 134 valence electrons. The van der Waals surface area contributed by atoms with Crippen LogP contribution in [0.2, 0.25) is 5.02 Å². The minimum Gasteiger partial charge on any atom is -0.493 e. The van der Waals surface area contributed by atoms with Crippen LogP contribution < -0.4 is 9.47 Å². The molecule has 0 aliphatic rings. The second-order valence-corrected chi connectivity index (χ2v) is 6.87. The maximum Gasteiger partial charge on any atom is 0.247 e. The van der Waals surface area contributed by atoms with Gasteiger partial charge in [0.15, 0.2) is 11.5 Å². The van der Waals surface area contributed by atoms with E-state index in [1.807, 2.05) is 52.5 Å². The number of halogens is 1. The van der Waals surface area contributed by atoms with Gasteiger partial charge in [-0.2, -0.15) is 0 Å². The second kappa shape index (κ2) is 8.97. The highest BCUT2D eigenvalue weighted by atomic mass is 35.5. The van der Waals surface area contributed by atoms with E-state index in [4.69, 9.17) is 21.1 Å². The summed E-state index contributed by atoms with van der Waals surface area (Å²) in [5.74, 6) is 1.04. The topological polar surface area (TPSA) is 38.8 Å². The molecule has 0 spiro atoms. The number of amides is 1. The molecule has 4 nitrogen and oxygen atoms in total. The van der Waals surface area contributed by atoms with Crippen molar-refractivity contribution in [3.63, 3.8) is 0 Å². The van der Waals surface area contributed by atoms with E-state index >= 15 is 0 Å². The molecule has 0 heterocycles. The van der Waals surface area contributed by atoms with Crippen molar-refractivity contribution < 1.29 is 14.3 Å². The third kappa shape index (κ3) is 5.45. The summed E-state index contributed by atoms with van der Waals surface area (Å²) in [6.45, 7) is 11.9. The number of hydrogen-bond acceptors (Lipinski definition) is 3. The van der Waals surface area contributed by atoms with Crippen LogP contribution in [0.5, 0.6) is 11.5 Å². The molecule has 0 unspecified atom stereocenters. The highest BCUT2D eigenvalue weighted by Gasteiger charge is 2.18. The summed E-state index contributed by atoms with van der Waals surface area (Å²) >= 11 is 6.30. The second-order valence-electron chi connectivity index (χ2n) is 6.47. The predicted molar refractivity (Wildman–Crippen MR) is 99.9 cm³/mol. The van der Waals surface area contributed by atoms with E-state index < -0.39 is 0 Å². The quantitative estimate of drug-likeness (QED) is 0.661. The molecule has 0 fully saturated rings. The summed E-state index contributed by atoms with van der Waals surface area (Å²) < 4.78 is 11.1. The van der Waals surface area contributed by atoms with Gasteiger partial charge in [0.25, 0.3) is 0 Å². The Morgan fingerprint density at radius 2 is 1.71 bits per heavy atom. The monoisotopic (exact) mass is 353 g/mol. The first-order valence-corrected chi connectivity index (χ1v) is 8.59. The number of carbonyl (C=O) groups is 1. The summed E-state index contributed by atoms with van der Waals surface area (Å²) in [4.78, 5) is 14.2. The van der Waals surface area contributed by atoms with E-state index in [0.717, 1.165) is 5.56 Å². The van der Waals surface area contributed by atoms with Crippen LogP contribution in [0.3, 0.4) is 0 Å². The van der Waals surface area contributed by atoms with Crippen LogP contribution in [-0.4, -0.2) is 36.1 Å². The minimum atomic E-state index is -0.0300. The number of carbonyl (C=O) groups excluding carboxylic acids is 1. The van der Waals surface area contributed by atoms with Crippen molar-refractivity contribution in [2.45, 2.75) is 59.7 Å². The average Bonchev–Trinajstić information content (AvgIpc) is 2.46. The van der Waals surface area contributed by atoms with Crippen LogP contribution in [0.1, 0.15) is 47.1 Å². The van der Waals surface area contributed by atoms with Crippen molar-refractivity contribution in [1.29, 1.82) is 0 Å². The van der Waals surface area contributed by atoms with Gasteiger partial charge in [0.2, 0.25) is 5.91 Å². The molecule has 0 aliphatic heterocycles. The van der Waals surface area contributed by atoms with Gasteiger partial charge in [0, 0.05) is 18.2 Å². The lowest BCUT2D eigenvalue weighted by molar-refractivity contribution is -0.129. The largest absolute Gasteiger partial charge is 0.493 e. The molecule has 0 bridgehead atoms. The van der Waals surface area contributed by atoms with Crippen molar-refractivity contribution in [1.82, 2.24) is 4.90 Å². The number of benzene rings is 1. The highest BCUT2D eigenvalue weighted by molar-refractivity contribution is 6.32. The predicted octanol–water partition coefficient (Wildman–Crippen LogP) is 4.79. The standard InChI is InChI=1S/C19H28ClNO3/c1-12(2)21(13(3)4)18(22)9-8-15-10-16(20)19(24-14(5)6)17(11-15)23-7/h8-14H,1-7H3/b9-8+. The molecule has 0 atom stereocenters. The smallest absolute Gasteiger partial charge is 0.247 e. The Hall–Kier alpha value is -1.68. The molecular formula is C19H28ClNO3. The Kier molecular flexibility index (Phi) is 7.61. The van der Waals surface area contributed by atoms with Gasteiger partial charge in [-0.3, -0.25) is 4.79 Å². The van der Waals surface area contributed by atoms with Gasteiger partial charge >= 0.3 is 0 Å². The minimum absolute atomic E-state index is 0.00925. The lowest BCUT2D eigenvalue weighted by Crippen LogP contribution is -2.41. The van der Waals surface area contributed by atoms with E-state index in [9.17, 15) is 4.79 Å². The van der Waals surface area contributed by atoms with Crippen LogP contribution in [0, 0.1) is 0 Å². The van der Waals surface area contributed by atoms with E-state index in [1.54, 1.807) is 25.3 Å². The van der Waals surface area contributed by atoms with Crippen LogP contribution in [0.4, 0.5) is 0 Å². The molecule has 1 amide bonds. The van der Waals surface area contributed by atoms with Crippen LogP contribution in [0.15, 0.2) is 18.2 Å². The Labute approximate surface area is 150 Å². The van der Waals surface area contributed by atoms with Gasteiger partial charge in [0.1, 0.15) is 0 Å². The lowest BCUT2D eigenvalue weighted by Gasteiger charge is -2.29. The fraction of sp³-hybridized carbons (Fsp3) is 0.526. The molecule has 5 heteroatoms. The number of methoxy groups -OCH3 is 1. The van der Waals surface area contributed by atoms with Crippen molar-refractivity contribution in [2.75, 3.05) is 7.11 Å². The van der Waals surface area contributed by atoms with E-state index in [-0.39, 0.29) is 24.1 Å². The Morgan fingerprint density at radius 3 is 2.17 bits per heavy atom. The van der Waals surface area contributed by atoms with Gasteiger partial charge in [-0.05, 0) is 65.3 Å². The van der Waals surface area contributed by atoms with Gasteiger partial charge in [-0.25, -0.2) is 0 Å². The highest BCUT2D eigenvalue weighted by Crippen LogP contribution is 2.37. The van der Waals surface area contributed by atoms with Gasteiger partial charge in [-0.1, -0.05) is 11.6 Å². The van der Waals surface area contributed by atoms with Crippen molar-refractivity contribution in [2.24, 2.45) is 0 Å². The fourth-order valence-electron chi connectivity index (χ4n) is 2.54. The van der Waals surface area contributed by atoms with E-state index in [2.05, 4.69) is 0 Å². The molecule has 1 aromatic rings. The first-order valence-electron chi connectivity index (χ1n) is 8.21. The molecule has 0 saturated heterocycles. The van der Waals surface area contributed by atoms with Gasteiger partial charge in [0.05, 0.1) is 18.2 Å². The molecule has 0 N–H and O–H groups in total. The number of ether oxygens (including phenoxy) is 2. The molecule has 0 saturated carbocycles. The zero-order valence-corrected chi connectivity index (χ0v) is 16.3. The lowest BCUT2D eigenvalue weighted by atomic mass is 10.1. The molecule has 1 rings (SSSR count). The molecule has 0 aromatic heterocycles. The third-order valence-electron chi connectivity index (χ3n) is 3.39. The summed E-state index contributed by atoms with van der Waals surface area (Å²) in [6.07, 6.45) is 3.30. The summed E-state index contributed by atoms with van der Waals surface area (Å²) in [6, 6.07) is 3.85. The Bertz CT molecular complexity index is 587. The number of rotatable bonds is 7. The zero-order valence-electron chi connectivity index (χ0n) is 15.6. The summed E-state index contributed by atoms with van der Waals surface area (Å²) in [5, 5.41) is 0.458. The molecule has 0 radical (unpaired) electrons. The number of hydrogen-bond donors (Lipinski definition) is 0. The van der Waals surface area contributed by atoms with E-state index in [0.29, 0.717) is 16.5 Å². The van der Waals surface area contributed by atoms with Gasteiger partial charge in [-0.15, -0.1) is 0 Å². The van der Waals surface area contributed by atoms with Crippen LogP contribution in [-0.2, 0) is 4.79 Å². The summed E-state index contributed by atoms with van der Waals surface area (Å²) in [7, 11) is 1.57. The molecule has 24 heavy (non-hydrogen) atoms. The molecule has 0 aliphatic carbocycles. The average molecular weight is 354 g/mol. The molecule has 1 aromatic carbocycles. The first kappa shape index (κ1) is 20.4. The number of nitrogens with zero attached hydrogens (tertiary/aromatic N) is 1. The van der Waals surface area contributed by atoms with Gasteiger partial charge < -0.3 is 14.4 Å². The fourth-order valence-corrected chi connectivity index (χ4v) is 2.81. The van der Waals surface area contributed by atoms with Crippen LogP contribution >= 0.6 is 11.6 Å². The Balaban J connectivity index is 3.07. The SMILES string of the molecule is COc1cc(/C=C/C(=O)N(C(C)C)C(C)C)cc(Cl)c1OC(C)C.